The second-order valence-electron chi connectivity index (χ2n) is 3.45. The molecule has 0 radical (unpaired) electrons. The van der Waals surface area contributed by atoms with Crippen molar-refractivity contribution < 1.29 is 0 Å². The molecule has 0 saturated heterocycles. The van der Waals surface area contributed by atoms with Gasteiger partial charge in [0.15, 0.2) is 0 Å². The van der Waals surface area contributed by atoms with Crippen molar-refractivity contribution in [2.45, 2.75) is 13.8 Å². The van der Waals surface area contributed by atoms with Gasteiger partial charge in [-0.05, 0) is 18.2 Å². The fourth-order valence-corrected chi connectivity index (χ4v) is 1.97. The van der Waals surface area contributed by atoms with Crippen molar-refractivity contribution in [3.05, 3.63) is 42.6 Å². The number of pyridine rings is 1. The van der Waals surface area contributed by atoms with Crippen LogP contribution in [-0.4, -0.2) is 9.55 Å². The predicted molar refractivity (Wildman–Crippen MR) is 69.6 cm³/mol. The maximum atomic E-state index is 4.41. The molecule has 2 heteroatoms. The van der Waals surface area contributed by atoms with Gasteiger partial charge in [0.1, 0.15) is 0 Å². The molecule has 0 spiro atoms. The van der Waals surface area contributed by atoms with Gasteiger partial charge in [-0.1, -0.05) is 32.0 Å². The van der Waals surface area contributed by atoms with Crippen LogP contribution in [0.3, 0.4) is 0 Å². The third-order valence-electron chi connectivity index (χ3n) is 2.67. The minimum absolute atomic E-state index is 1.09. The van der Waals surface area contributed by atoms with Crippen LogP contribution in [0.2, 0.25) is 0 Å². The fraction of sp³-hybridized carbons (Fsp3) is 0.214. The van der Waals surface area contributed by atoms with Crippen LogP contribution in [0.5, 0.6) is 0 Å². The molecule has 0 fully saturated rings. The van der Waals surface area contributed by atoms with E-state index in [2.05, 4.69) is 46.9 Å². The van der Waals surface area contributed by atoms with E-state index in [0.717, 1.165) is 5.52 Å². The maximum absolute atomic E-state index is 4.41. The highest BCUT2D eigenvalue weighted by atomic mass is 15.0. The zero-order chi connectivity index (χ0) is 11.5. The van der Waals surface area contributed by atoms with Gasteiger partial charge in [-0.2, -0.15) is 0 Å². The normalized spacial score (nSPS) is 10.2. The molecular formula is C14H16N2. The van der Waals surface area contributed by atoms with Crippen molar-refractivity contribution in [1.82, 2.24) is 9.55 Å². The van der Waals surface area contributed by atoms with Crippen LogP contribution in [-0.2, 0) is 7.05 Å². The molecular weight excluding hydrogens is 196 g/mol. The van der Waals surface area contributed by atoms with E-state index < -0.39 is 0 Å². The van der Waals surface area contributed by atoms with Gasteiger partial charge in [-0.3, -0.25) is 4.98 Å². The summed E-state index contributed by atoms with van der Waals surface area (Å²) in [6.45, 7) is 4.00. The van der Waals surface area contributed by atoms with E-state index in [-0.39, 0.29) is 0 Å². The SMILES string of the molecule is CC.Cn1c2ccccc2c2ncccc21. The lowest BCUT2D eigenvalue weighted by atomic mass is 10.2. The second-order valence-corrected chi connectivity index (χ2v) is 3.45. The van der Waals surface area contributed by atoms with Crippen LogP contribution in [0.4, 0.5) is 0 Å². The molecule has 0 aliphatic rings. The lowest BCUT2D eigenvalue weighted by Crippen LogP contribution is -1.85. The minimum atomic E-state index is 1.09. The quantitative estimate of drug-likeness (QED) is 0.555. The molecule has 2 nitrogen and oxygen atoms in total. The molecule has 0 unspecified atom stereocenters. The number of hydrogen-bond acceptors (Lipinski definition) is 1. The Morgan fingerprint density at radius 2 is 1.62 bits per heavy atom. The zero-order valence-corrected chi connectivity index (χ0v) is 9.94. The van der Waals surface area contributed by atoms with Gasteiger partial charge in [-0.25, -0.2) is 0 Å². The van der Waals surface area contributed by atoms with Crippen molar-refractivity contribution in [2.75, 3.05) is 0 Å². The van der Waals surface area contributed by atoms with E-state index in [1.54, 1.807) is 0 Å². The monoisotopic (exact) mass is 212 g/mol. The van der Waals surface area contributed by atoms with E-state index in [4.69, 9.17) is 0 Å². The highest BCUT2D eigenvalue weighted by molar-refractivity contribution is 6.05. The van der Waals surface area contributed by atoms with Crippen molar-refractivity contribution in [1.29, 1.82) is 0 Å². The molecule has 0 aliphatic heterocycles. The Balaban J connectivity index is 0.000000457. The first kappa shape index (κ1) is 10.7. The van der Waals surface area contributed by atoms with Crippen LogP contribution in [0.15, 0.2) is 42.6 Å². The van der Waals surface area contributed by atoms with E-state index in [1.165, 1.54) is 16.4 Å². The summed E-state index contributed by atoms with van der Waals surface area (Å²) in [4.78, 5) is 4.41. The topological polar surface area (TPSA) is 17.8 Å². The fourth-order valence-electron chi connectivity index (χ4n) is 1.97. The average molecular weight is 212 g/mol. The van der Waals surface area contributed by atoms with Gasteiger partial charge in [-0.15, -0.1) is 0 Å². The largest absolute Gasteiger partial charge is 0.342 e. The number of para-hydroxylation sites is 1. The lowest BCUT2D eigenvalue weighted by Gasteiger charge is -1.95. The molecule has 1 aromatic carbocycles. The molecule has 0 bridgehead atoms. The number of benzene rings is 1. The third-order valence-corrected chi connectivity index (χ3v) is 2.67. The summed E-state index contributed by atoms with van der Waals surface area (Å²) in [6, 6.07) is 12.4. The van der Waals surface area contributed by atoms with Crippen LogP contribution < -0.4 is 0 Å². The molecule has 2 heterocycles. The molecule has 0 amide bonds. The van der Waals surface area contributed by atoms with E-state index in [9.17, 15) is 0 Å². The molecule has 3 aromatic rings. The van der Waals surface area contributed by atoms with Crippen molar-refractivity contribution in [2.24, 2.45) is 7.05 Å². The number of aryl methyl sites for hydroxylation is 1. The number of hydrogen-bond donors (Lipinski definition) is 0. The van der Waals surface area contributed by atoms with Crippen LogP contribution in [0.1, 0.15) is 13.8 Å². The summed E-state index contributed by atoms with van der Waals surface area (Å²) in [6.07, 6.45) is 1.84. The molecule has 0 N–H and O–H groups in total. The lowest BCUT2D eigenvalue weighted by molar-refractivity contribution is 1.01. The molecule has 0 atom stereocenters. The first-order chi connectivity index (χ1) is 7.88. The molecule has 2 aromatic heterocycles. The third kappa shape index (κ3) is 1.47. The van der Waals surface area contributed by atoms with Gasteiger partial charge >= 0.3 is 0 Å². The Hall–Kier alpha value is -1.83. The Morgan fingerprint density at radius 3 is 2.44 bits per heavy atom. The van der Waals surface area contributed by atoms with Gasteiger partial charge in [0.25, 0.3) is 0 Å². The number of fused-ring (bicyclic) bond motifs is 3. The number of aromatic nitrogens is 2. The molecule has 82 valence electrons. The van der Waals surface area contributed by atoms with Crippen LogP contribution in [0.25, 0.3) is 21.9 Å². The second kappa shape index (κ2) is 4.35. The standard InChI is InChI=1S/C12H10N2.C2H6/c1-14-10-6-3-2-5-9(10)12-11(14)7-4-8-13-12;1-2/h2-8H,1H3;1-2H3. The van der Waals surface area contributed by atoms with Gasteiger partial charge < -0.3 is 4.57 Å². The highest BCUT2D eigenvalue weighted by Crippen LogP contribution is 2.25. The first-order valence-corrected chi connectivity index (χ1v) is 5.66. The van der Waals surface area contributed by atoms with Crippen LogP contribution >= 0.6 is 0 Å². The Morgan fingerprint density at radius 1 is 0.938 bits per heavy atom. The summed E-state index contributed by atoms with van der Waals surface area (Å²) >= 11 is 0. The van der Waals surface area contributed by atoms with E-state index in [0.29, 0.717) is 0 Å². The van der Waals surface area contributed by atoms with Crippen molar-refractivity contribution in [3.8, 4) is 0 Å². The van der Waals surface area contributed by atoms with Gasteiger partial charge in [0.05, 0.1) is 16.6 Å². The summed E-state index contributed by atoms with van der Waals surface area (Å²) in [5, 5.41) is 1.23. The average Bonchev–Trinajstić information content (AvgIpc) is 2.67. The summed E-state index contributed by atoms with van der Waals surface area (Å²) in [5.41, 5.74) is 3.51. The van der Waals surface area contributed by atoms with E-state index in [1.807, 2.05) is 26.1 Å². The molecule has 3 rings (SSSR count). The summed E-state index contributed by atoms with van der Waals surface area (Å²) in [5.74, 6) is 0. The molecule has 0 saturated carbocycles. The van der Waals surface area contributed by atoms with Gasteiger partial charge in [0, 0.05) is 18.6 Å². The summed E-state index contributed by atoms with van der Waals surface area (Å²) < 4.78 is 2.18. The Labute approximate surface area is 95.5 Å². The highest BCUT2D eigenvalue weighted by Gasteiger charge is 2.06. The zero-order valence-electron chi connectivity index (χ0n) is 9.94. The maximum Gasteiger partial charge on any atom is 0.0959 e. The van der Waals surface area contributed by atoms with Gasteiger partial charge in [0.2, 0.25) is 0 Å². The molecule has 16 heavy (non-hydrogen) atoms. The van der Waals surface area contributed by atoms with Crippen LogP contribution in [0, 0.1) is 0 Å². The Kier molecular flexibility index (Phi) is 2.91. The predicted octanol–water partition coefficient (Wildman–Crippen LogP) is 3.75. The Bertz CT molecular complexity index is 555. The van der Waals surface area contributed by atoms with Crippen molar-refractivity contribution >= 4 is 21.9 Å². The first-order valence-electron chi connectivity index (χ1n) is 5.66. The number of rotatable bonds is 0. The molecule has 0 aliphatic carbocycles. The van der Waals surface area contributed by atoms with E-state index >= 15 is 0 Å². The van der Waals surface area contributed by atoms with Crippen molar-refractivity contribution in [3.63, 3.8) is 0 Å². The summed E-state index contributed by atoms with van der Waals surface area (Å²) in [7, 11) is 2.08. The smallest absolute Gasteiger partial charge is 0.0959 e. The number of nitrogens with zero attached hydrogens (tertiary/aromatic N) is 2. The minimum Gasteiger partial charge on any atom is -0.342 e.